The van der Waals surface area contributed by atoms with Gasteiger partial charge in [-0.3, -0.25) is 15.5 Å². The van der Waals surface area contributed by atoms with Gasteiger partial charge < -0.3 is 14.2 Å². The average Bonchev–Trinajstić information content (AvgIpc) is 3.21. The van der Waals surface area contributed by atoms with Crippen molar-refractivity contribution in [3.8, 4) is 11.5 Å². The molecule has 170 valence electrons. The quantitative estimate of drug-likeness (QED) is 0.393. The highest BCUT2D eigenvalue weighted by atomic mass is 32.2. The summed E-state index contributed by atoms with van der Waals surface area (Å²) in [6, 6.07) is 8.84. The second-order valence-corrected chi connectivity index (χ2v) is 9.41. The molecular formula is C20H22N4O7S. The molecule has 1 N–H and O–H groups in total. The highest BCUT2D eigenvalue weighted by Gasteiger charge is 2.34. The number of nitrogens with zero attached hydrogens (tertiary/aromatic N) is 3. The van der Waals surface area contributed by atoms with E-state index in [1.807, 2.05) is 0 Å². The maximum Gasteiger partial charge on any atom is 0.270 e. The van der Waals surface area contributed by atoms with Gasteiger partial charge in [0, 0.05) is 25.2 Å². The van der Waals surface area contributed by atoms with Crippen molar-refractivity contribution < 1.29 is 27.6 Å². The molecular weight excluding hydrogens is 440 g/mol. The molecule has 2 aromatic carbocycles. The van der Waals surface area contributed by atoms with Crippen LogP contribution in [-0.4, -0.2) is 56.0 Å². The second kappa shape index (κ2) is 8.73. The highest BCUT2D eigenvalue weighted by molar-refractivity contribution is 7.89. The molecule has 0 unspecified atom stereocenters. The number of hydrogen-bond acceptors (Lipinski definition) is 9. The number of anilines is 1. The molecule has 2 aliphatic heterocycles. The summed E-state index contributed by atoms with van der Waals surface area (Å²) in [7, 11) is -4.04. The van der Waals surface area contributed by atoms with Gasteiger partial charge in [0.15, 0.2) is 11.5 Å². The largest absolute Gasteiger partial charge is 0.454 e. The highest BCUT2D eigenvalue weighted by Crippen LogP contribution is 2.33. The molecule has 1 saturated heterocycles. The summed E-state index contributed by atoms with van der Waals surface area (Å²) in [4.78, 5) is 10.4. The van der Waals surface area contributed by atoms with Gasteiger partial charge >= 0.3 is 0 Å². The van der Waals surface area contributed by atoms with E-state index in [4.69, 9.17) is 14.2 Å². The lowest BCUT2D eigenvalue weighted by molar-refractivity contribution is -0.385. The number of rotatable bonds is 6. The molecule has 0 radical (unpaired) electrons. The molecule has 2 aliphatic rings. The molecule has 4 rings (SSSR count). The summed E-state index contributed by atoms with van der Waals surface area (Å²) in [5.74, 6) is 1.22. The molecule has 2 aromatic rings. The Bertz CT molecular complexity index is 1160. The molecule has 0 aliphatic carbocycles. The maximum atomic E-state index is 13.4. The average molecular weight is 462 g/mol. The van der Waals surface area contributed by atoms with Gasteiger partial charge in [-0.2, -0.15) is 9.41 Å². The fourth-order valence-electron chi connectivity index (χ4n) is 3.57. The Kier molecular flexibility index (Phi) is 6.00. The zero-order chi connectivity index (χ0) is 22.9. The minimum atomic E-state index is -4.04. The van der Waals surface area contributed by atoms with Crippen molar-refractivity contribution in [1.82, 2.24) is 4.31 Å². The van der Waals surface area contributed by atoms with Crippen LogP contribution in [0, 0.1) is 10.1 Å². The van der Waals surface area contributed by atoms with Crippen molar-refractivity contribution in [2.75, 3.05) is 25.3 Å². The molecule has 11 nitrogen and oxygen atoms in total. The van der Waals surface area contributed by atoms with Crippen molar-refractivity contribution in [2.45, 2.75) is 31.0 Å². The lowest BCUT2D eigenvalue weighted by Gasteiger charge is -2.34. The van der Waals surface area contributed by atoms with E-state index in [0.717, 1.165) is 6.07 Å². The number of nitrogens with one attached hydrogen (secondary N) is 1. The van der Waals surface area contributed by atoms with Crippen molar-refractivity contribution in [1.29, 1.82) is 0 Å². The third-order valence-corrected chi connectivity index (χ3v) is 6.85. The Hall–Kier alpha value is -3.22. The first kappa shape index (κ1) is 22.0. The molecule has 0 amide bonds. The maximum absolute atomic E-state index is 13.4. The molecule has 2 heterocycles. The third kappa shape index (κ3) is 4.52. The second-order valence-electron chi connectivity index (χ2n) is 7.50. The molecule has 0 bridgehead atoms. The fourth-order valence-corrected chi connectivity index (χ4v) is 5.32. The normalized spacial score (nSPS) is 21.1. The number of ether oxygens (including phenoxy) is 3. The first-order valence-electron chi connectivity index (χ1n) is 9.87. The van der Waals surface area contributed by atoms with E-state index in [0.29, 0.717) is 17.1 Å². The van der Waals surface area contributed by atoms with Crippen LogP contribution in [0.25, 0.3) is 0 Å². The van der Waals surface area contributed by atoms with Crippen LogP contribution in [0.4, 0.5) is 11.4 Å². The predicted molar refractivity (Wildman–Crippen MR) is 116 cm³/mol. The van der Waals surface area contributed by atoms with E-state index >= 15 is 0 Å². The van der Waals surface area contributed by atoms with Gasteiger partial charge in [0.25, 0.3) is 5.69 Å². The first-order valence-corrected chi connectivity index (χ1v) is 11.3. The van der Waals surface area contributed by atoms with Gasteiger partial charge in [0.2, 0.25) is 16.8 Å². The monoisotopic (exact) mass is 462 g/mol. The zero-order valence-corrected chi connectivity index (χ0v) is 18.2. The summed E-state index contributed by atoms with van der Waals surface area (Å²) in [5.41, 5.74) is 3.19. The molecule has 1 fully saturated rings. The van der Waals surface area contributed by atoms with Crippen molar-refractivity contribution >= 4 is 27.6 Å². The summed E-state index contributed by atoms with van der Waals surface area (Å²) in [6.07, 6.45) is 0.888. The Morgan fingerprint density at radius 1 is 1.12 bits per heavy atom. The molecule has 32 heavy (non-hydrogen) atoms. The number of nitro groups is 1. The minimum absolute atomic E-state index is 0.124. The van der Waals surface area contributed by atoms with Gasteiger partial charge in [-0.25, -0.2) is 8.42 Å². The smallest absolute Gasteiger partial charge is 0.270 e. The number of morpholine rings is 1. The molecule has 12 heteroatoms. The topological polar surface area (TPSA) is 133 Å². The van der Waals surface area contributed by atoms with Crippen LogP contribution in [-0.2, 0) is 14.8 Å². The molecule has 0 saturated carbocycles. The third-order valence-electron chi connectivity index (χ3n) is 4.98. The molecule has 0 aromatic heterocycles. The van der Waals surface area contributed by atoms with Crippen molar-refractivity contribution in [2.24, 2.45) is 5.10 Å². The lowest BCUT2D eigenvalue weighted by Crippen LogP contribution is -2.48. The Labute approximate surface area is 184 Å². The van der Waals surface area contributed by atoms with Crippen molar-refractivity contribution in [3.05, 3.63) is 52.1 Å². The van der Waals surface area contributed by atoms with Crippen LogP contribution < -0.4 is 14.9 Å². The van der Waals surface area contributed by atoms with Crippen LogP contribution in [0.2, 0.25) is 0 Å². The summed E-state index contributed by atoms with van der Waals surface area (Å²) in [6.45, 7) is 4.00. The number of nitro benzene ring substituents is 1. The van der Waals surface area contributed by atoms with E-state index in [1.54, 1.807) is 32.0 Å². The fraction of sp³-hybridized carbons (Fsp3) is 0.350. The van der Waals surface area contributed by atoms with Crippen LogP contribution in [0.15, 0.2) is 46.4 Å². The van der Waals surface area contributed by atoms with Crippen molar-refractivity contribution in [3.63, 3.8) is 0 Å². The van der Waals surface area contributed by atoms with E-state index in [9.17, 15) is 18.5 Å². The minimum Gasteiger partial charge on any atom is -0.454 e. The molecule has 0 spiro atoms. The summed E-state index contributed by atoms with van der Waals surface area (Å²) < 4.78 is 44.2. The van der Waals surface area contributed by atoms with Gasteiger partial charge in [-0.05, 0) is 43.7 Å². The van der Waals surface area contributed by atoms with Gasteiger partial charge in [0.05, 0.1) is 29.0 Å². The van der Waals surface area contributed by atoms with Crippen LogP contribution in [0.1, 0.15) is 19.4 Å². The Morgan fingerprint density at radius 3 is 2.56 bits per heavy atom. The first-order chi connectivity index (χ1) is 15.2. The number of hydrazone groups is 1. The Morgan fingerprint density at radius 2 is 1.84 bits per heavy atom. The Balaban J connectivity index is 1.63. The van der Waals surface area contributed by atoms with Gasteiger partial charge in [-0.15, -0.1) is 0 Å². The number of fused-ring (bicyclic) bond motifs is 1. The van der Waals surface area contributed by atoms with Crippen LogP contribution >= 0.6 is 0 Å². The van der Waals surface area contributed by atoms with E-state index < -0.39 is 14.9 Å². The number of non-ortho nitro benzene ring substituents is 1. The zero-order valence-electron chi connectivity index (χ0n) is 17.4. The van der Waals surface area contributed by atoms with E-state index in [2.05, 4.69) is 10.5 Å². The van der Waals surface area contributed by atoms with E-state index in [1.165, 1.54) is 22.7 Å². The number of benzene rings is 2. The molecule has 2 atom stereocenters. The lowest BCUT2D eigenvalue weighted by atomic mass is 10.2. The van der Waals surface area contributed by atoms with Gasteiger partial charge in [-0.1, -0.05) is 0 Å². The van der Waals surface area contributed by atoms with Gasteiger partial charge in [0.1, 0.15) is 4.90 Å². The SMILES string of the molecule is C[C@@H]1CN(S(=O)(=O)c2cc([N+](=O)[O-])ccc2N/N=C\c2ccc3c(c2)OCO3)C[C@H](C)O1. The number of hydrogen-bond donors (Lipinski definition) is 1. The van der Waals surface area contributed by atoms with Crippen LogP contribution in [0.5, 0.6) is 11.5 Å². The van der Waals surface area contributed by atoms with E-state index in [-0.39, 0.29) is 48.4 Å². The predicted octanol–water partition coefficient (Wildman–Crippen LogP) is 2.57. The number of sulfonamides is 1. The summed E-state index contributed by atoms with van der Waals surface area (Å²) >= 11 is 0. The van der Waals surface area contributed by atoms with Crippen LogP contribution in [0.3, 0.4) is 0 Å². The standard InChI is InChI=1S/C20H22N4O7S/c1-13-10-23(11-14(2)31-13)32(27,28)20-8-16(24(25)26)4-5-17(20)22-21-9-15-3-6-18-19(7-15)30-12-29-18/h3-9,13-14,22H,10-12H2,1-2H3/b21-9-/t13-,14+. The summed E-state index contributed by atoms with van der Waals surface area (Å²) in [5, 5.41) is 15.4.